The number of ketones is 2. The SMILES string of the molecule is COC(=O)[C@@]1(C)N[C@@H](c2cc(Cl)cc(Cl)c2)[C@@]2(C(=O)c3ccc4ccccc4c3)C(=O)CC(C)(C)C21. The summed E-state index contributed by atoms with van der Waals surface area (Å²) in [6.45, 7) is 5.58. The van der Waals surface area contributed by atoms with Crippen LogP contribution >= 0.6 is 23.2 Å². The molecule has 2 aliphatic rings. The maximum Gasteiger partial charge on any atom is 0.326 e. The van der Waals surface area contributed by atoms with E-state index in [1.165, 1.54) is 7.11 Å². The first-order valence-electron chi connectivity index (χ1n) is 11.8. The Bertz CT molecular complexity index is 1410. The molecule has 0 aromatic heterocycles. The first-order valence-corrected chi connectivity index (χ1v) is 12.6. The Labute approximate surface area is 220 Å². The van der Waals surface area contributed by atoms with E-state index >= 15 is 0 Å². The number of halogens is 2. The predicted molar refractivity (Wildman–Crippen MR) is 140 cm³/mol. The van der Waals surface area contributed by atoms with E-state index in [0.29, 0.717) is 21.2 Å². The standard InChI is InChI=1S/C29H27Cl2NO4/c1-27(2)15-22(33)29(24(34)18-10-9-16-7-5-6-8-17(16)11-18)23(19-12-20(30)14-21(31)13-19)32-28(3,25(27)29)26(35)36-4/h5-14,23,25,32H,15H2,1-4H3/t23-,25?,28-,29+/m0/s1. The molecular formula is C29H27Cl2NO4. The van der Waals surface area contributed by atoms with E-state index in [1.807, 2.05) is 50.2 Å². The summed E-state index contributed by atoms with van der Waals surface area (Å²) in [6.07, 6.45) is 0.149. The third-order valence-electron chi connectivity index (χ3n) is 8.01. The van der Waals surface area contributed by atoms with Crippen LogP contribution < -0.4 is 5.32 Å². The first kappa shape index (κ1) is 24.9. The Morgan fingerprint density at radius 3 is 2.22 bits per heavy atom. The lowest BCUT2D eigenvalue weighted by Crippen LogP contribution is -2.55. The largest absolute Gasteiger partial charge is 0.468 e. The molecule has 5 nitrogen and oxygen atoms in total. The van der Waals surface area contributed by atoms with Crippen molar-refractivity contribution in [1.82, 2.24) is 5.32 Å². The van der Waals surface area contributed by atoms with Crippen LogP contribution in [0.15, 0.2) is 60.7 Å². The highest BCUT2D eigenvalue weighted by Crippen LogP contribution is 2.66. The number of rotatable bonds is 4. The van der Waals surface area contributed by atoms with Gasteiger partial charge in [-0.15, -0.1) is 0 Å². The normalized spacial score (nSPS) is 28.8. The second-order valence-electron chi connectivity index (χ2n) is 10.8. The number of nitrogens with one attached hydrogen (secondary N) is 1. The topological polar surface area (TPSA) is 72.5 Å². The van der Waals surface area contributed by atoms with Gasteiger partial charge in [0.1, 0.15) is 16.7 Å². The number of esters is 1. The van der Waals surface area contributed by atoms with Crippen molar-refractivity contribution in [2.75, 3.05) is 7.11 Å². The number of methoxy groups -OCH3 is 1. The van der Waals surface area contributed by atoms with Crippen molar-refractivity contribution in [2.45, 2.75) is 38.8 Å². The lowest BCUT2D eigenvalue weighted by Gasteiger charge is -2.39. The third kappa shape index (κ3) is 3.44. The van der Waals surface area contributed by atoms with Crippen molar-refractivity contribution in [3.05, 3.63) is 81.8 Å². The number of fused-ring (bicyclic) bond motifs is 2. The van der Waals surface area contributed by atoms with E-state index in [1.54, 1.807) is 31.2 Å². The highest BCUT2D eigenvalue weighted by Gasteiger charge is 2.77. The number of hydrogen-bond acceptors (Lipinski definition) is 5. The number of carbonyl (C=O) groups is 3. The molecule has 2 fully saturated rings. The summed E-state index contributed by atoms with van der Waals surface area (Å²) in [6, 6.07) is 17.3. The fraction of sp³-hybridized carbons (Fsp3) is 0.345. The van der Waals surface area contributed by atoms with Gasteiger partial charge in [-0.3, -0.25) is 19.7 Å². The smallest absolute Gasteiger partial charge is 0.326 e. The zero-order chi connectivity index (χ0) is 26.0. The monoisotopic (exact) mass is 523 g/mol. The van der Waals surface area contributed by atoms with E-state index in [4.69, 9.17) is 27.9 Å². The molecule has 0 radical (unpaired) electrons. The van der Waals surface area contributed by atoms with Crippen molar-refractivity contribution in [1.29, 1.82) is 0 Å². The Morgan fingerprint density at radius 2 is 1.58 bits per heavy atom. The zero-order valence-corrected chi connectivity index (χ0v) is 22.0. The van der Waals surface area contributed by atoms with E-state index in [0.717, 1.165) is 10.8 Å². The van der Waals surface area contributed by atoms with Crippen molar-refractivity contribution >= 4 is 51.5 Å². The van der Waals surface area contributed by atoms with Gasteiger partial charge in [0, 0.05) is 27.9 Å². The maximum absolute atomic E-state index is 14.7. The molecule has 3 aromatic rings. The minimum atomic E-state index is -1.57. The minimum absolute atomic E-state index is 0.149. The Balaban J connectivity index is 1.81. The van der Waals surface area contributed by atoms with E-state index in [9.17, 15) is 14.4 Å². The Morgan fingerprint density at radius 1 is 0.944 bits per heavy atom. The molecular weight excluding hydrogens is 497 g/mol. The molecule has 36 heavy (non-hydrogen) atoms. The predicted octanol–water partition coefficient (Wildman–Crippen LogP) is 6.21. The molecule has 1 unspecified atom stereocenters. The minimum Gasteiger partial charge on any atom is -0.468 e. The molecule has 0 spiro atoms. The van der Waals surface area contributed by atoms with Crippen molar-refractivity contribution in [2.24, 2.45) is 16.7 Å². The van der Waals surface area contributed by atoms with Crippen molar-refractivity contribution in [3.63, 3.8) is 0 Å². The highest BCUT2D eigenvalue weighted by molar-refractivity contribution is 6.34. The van der Waals surface area contributed by atoms with Crippen LogP contribution in [0.25, 0.3) is 10.8 Å². The second-order valence-corrected chi connectivity index (χ2v) is 11.6. The van der Waals surface area contributed by atoms with Gasteiger partial charge in [-0.05, 0) is 52.9 Å². The van der Waals surface area contributed by atoms with Crippen LogP contribution in [-0.2, 0) is 14.3 Å². The van der Waals surface area contributed by atoms with Gasteiger partial charge in [0.15, 0.2) is 5.78 Å². The molecule has 1 heterocycles. The lowest BCUT2D eigenvalue weighted by atomic mass is 9.59. The van der Waals surface area contributed by atoms with Crippen LogP contribution in [0, 0.1) is 16.7 Å². The van der Waals surface area contributed by atoms with Crippen LogP contribution in [0.5, 0.6) is 0 Å². The van der Waals surface area contributed by atoms with Gasteiger partial charge in [-0.2, -0.15) is 0 Å². The zero-order valence-electron chi connectivity index (χ0n) is 20.5. The van der Waals surface area contributed by atoms with Crippen LogP contribution in [0.2, 0.25) is 10.0 Å². The van der Waals surface area contributed by atoms with Gasteiger partial charge in [0.25, 0.3) is 0 Å². The van der Waals surface area contributed by atoms with E-state index in [2.05, 4.69) is 5.32 Å². The van der Waals surface area contributed by atoms with Gasteiger partial charge in [-0.1, -0.05) is 73.4 Å². The summed E-state index contributed by atoms with van der Waals surface area (Å²) in [5.41, 5.74) is -2.56. The molecule has 1 aliphatic carbocycles. The molecule has 3 aromatic carbocycles. The quantitative estimate of drug-likeness (QED) is 0.250. The molecule has 4 atom stereocenters. The number of ether oxygens (including phenoxy) is 1. The van der Waals surface area contributed by atoms with Crippen LogP contribution in [0.3, 0.4) is 0 Å². The van der Waals surface area contributed by atoms with E-state index < -0.39 is 34.3 Å². The lowest BCUT2D eigenvalue weighted by molar-refractivity contribution is -0.151. The Hall–Kier alpha value is -2.73. The molecule has 5 rings (SSSR count). The molecule has 1 N–H and O–H groups in total. The fourth-order valence-electron chi connectivity index (χ4n) is 6.94. The van der Waals surface area contributed by atoms with Gasteiger partial charge < -0.3 is 4.74 Å². The molecule has 1 aliphatic heterocycles. The van der Waals surface area contributed by atoms with Crippen LogP contribution in [0.4, 0.5) is 0 Å². The molecule has 186 valence electrons. The molecule has 7 heteroatoms. The number of carbonyl (C=O) groups excluding carboxylic acids is 3. The number of benzene rings is 3. The molecule has 1 saturated heterocycles. The fourth-order valence-corrected chi connectivity index (χ4v) is 7.48. The molecule has 0 amide bonds. The van der Waals surface area contributed by atoms with Gasteiger partial charge >= 0.3 is 5.97 Å². The summed E-state index contributed by atoms with van der Waals surface area (Å²) in [7, 11) is 1.31. The second kappa shape index (κ2) is 8.41. The summed E-state index contributed by atoms with van der Waals surface area (Å²) in [5.74, 6) is -1.74. The summed E-state index contributed by atoms with van der Waals surface area (Å²) in [5, 5.41) is 6.01. The van der Waals surface area contributed by atoms with E-state index in [-0.39, 0.29) is 18.0 Å². The Kier molecular flexibility index (Phi) is 5.82. The summed E-state index contributed by atoms with van der Waals surface area (Å²) < 4.78 is 5.22. The maximum atomic E-state index is 14.7. The molecule has 0 bridgehead atoms. The summed E-state index contributed by atoms with van der Waals surface area (Å²) >= 11 is 12.7. The third-order valence-corrected chi connectivity index (χ3v) is 8.44. The van der Waals surface area contributed by atoms with Gasteiger partial charge in [0.05, 0.1) is 13.2 Å². The number of hydrogen-bond donors (Lipinski definition) is 1. The molecule has 1 saturated carbocycles. The number of Topliss-reactive ketones (excluding diaryl/α,β-unsaturated/α-hetero) is 2. The van der Waals surface area contributed by atoms with Gasteiger partial charge in [0.2, 0.25) is 0 Å². The summed E-state index contributed by atoms with van der Waals surface area (Å²) in [4.78, 5) is 42.1. The first-order chi connectivity index (χ1) is 16.9. The van der Waals surface area contributed by atoms with Gasteiger partial charge in [-0.25, -0.2) is 0 Å². The average molecular weight is 524 g/mol. The average Bonchev–Trinajstić information content (AvgIpc) is 3.25. The van der Waals surface area contributed by atoms with Crippen molar-refractivity contribution < 1.29 is 19.1 Å². The van der Waals surface area contributed by atoms with Crippen LogP contribution in [-0.4, -0.2) is 30.2 Å². The van der Waals surface area contributed by atoms with Crippen LogP contribution in [0.1, 0.15) is 49.2 Å². The highest BCUT2D eigenvalue weighted by atomic mass is 35.5. The van der Waals surface area contributed by atoms with Crippen molar-refractivity contribution in [3.8, 4) is 0 Å².